The highest BCUT2D eigenvalue weighted by Crippen LogP contribution is 2.54. The molecule has 1 aromatic carbocycles. The molecule has 8 nitrogen and oxygen atoms in total. The number of rotatable bonds is 3. The van der Waals surface area contributed by atoms with E-state index in [1.807, 2.05) is 0 Å². The van der Waals surface area contributed by atoms with Crippen LogP contribution in [0.3, 0.4) is 0 Å². The first-order valence-corrected chi connectivity index (χ1v) is 14.3. The summed E-state index contributed by atoms with van der Waals surface area (Å²) in [7, 11) is 2.14. The number of pyridine rings is 1. The predicted molar refractivity (Wildman–Crippen MR) is 152 cm³/mol. The molecule has 4 aliphatic heterocycles. The Kier molecular flexibility index (Phi) is 6.57. The lowest BCUT2D eigenvalue weighted by Crippen LogP contribution is -2.57. The number of ether oxygens (including phenoxy) is 1. The first kappa shape index (κ1) is 27.0. The Labute approximate surface area is 239 Å². The molecular weight excluding hydrogens is 533 g/mol. The van der Waals surface area contributed by atoms with Crippen LogP contribution in [-0.2, 0) is 4.79 Å². The molecule has 0 radical (unpaired) electrons. The van der Waals surface area contributed by atoms with Crippen LogP contribution in [0.4, 0.5) is 10.2 Å². The summed E-state index contributed by atoms with van der Waals surface area (Å²) in [5.74, 6) is -0.154. The van der Waals surface area contributed by atoms with Crippen LogP contribution >= 0.6 is 11.6 Å². The lowest BCUT2D eigenvalue weighted by molar-refractivity contribution is -0.128. The van der Waals surface area contributed by atoms with Gasteiger partial charge in [0.05, 0.1) is 11.7 Å². The Hall–Kier alpha value is -3.17. The van der Waals surface area contributed by atoms with Gasteiger partial charge in [-0.25, -0.2) is 9.37 Å². The Morgan fingerprint density at radius 3 is 2.65 bits per heavy atom. The number of aromatic nitrogens is 1. The van der Waals surface area contributed by atoms with Gasteiger partial charge in [-0.15, -0.1) is 0 Å². The summed E-state index contributed by atoms with van der Waals surface area (Å²) in [5.41, 5.74) is 0.518. The molecule has 1 spiro atoms. The fourth-order valence-electron chi connectivity index (χ4n) is 7.15. The molecule has 5 heterocycles. The number of benzene rings is 1. The summed E-state index contributed by atoms with van der Waals surface area (Å²) in [6, 6.07) is 6.01. The highest BCUT2D eigenvalue weighted by molar-refractivity contribution is 6.35. The molecule has 1 aromatic heterocycles. The molecule has 3 fully saturated rings. The number of likely N-dealkylation sites (tertiary alicyclic amines) is 1. The molecular formula is C30H35ClFN5O3. The zero-order valence-corrected chi connectivity index (χ0v) is 24.0. The summed E-state index contributed by atoms with van der Waals surface area (Å²) in [5, 5.41) is 0.114. The second kappa shape index (κ2) is 9.73. The van der Waals surface area contributed by atoms with E-state index in [0.717, 1.165) is 25.9 Å². The maximum Gasteiger partial charge on any atom is 0.261 e. The van der Waals surface area contributed by atoms with Gasteiger partial charge >= 0.3 is 0 Å². The van der Waals surface area contributed by atoms with Crippen LogP contribution in [-0.4, -0.2) is 96.0 Å². The summed E-state index contributed by atoms with van der Waals surface area (Å²) in [4.78, 5) is 39.7. The molecule has 40 heavy (non-hydrogen) atoms. The number of halogens is 2. The quantitative estimate of drug-likeness (QED) is 0.521. The van der Waals surface area contributed by atoms with Crippen molar-refractivity contribution in [2.24, 2.45) is 5.41 Å². The van der Waals surface area contributed by atoms with Gasteiger partial charge in [0, 0.05) is 49.2 Å². The highest BCUT2D eigenvalue weighted by Gasteiger charge is 2.57. The number of hydrogen-bond acceptors (Lipinski definition) is 6. The number of carbonyl (C=O) groups excluding carboxylic acids is 2. The van der Waals surface area contributed by atoms with Crippen LogP contribution in [0.1, 0.15) is 37.0 Å². The molecule has 1 unspecified atom stereocenters. The number of amides is 2. The maximum absolute atomic E-state index is 15.1. The molecule has 0 bridgehead atoms. The number of piperazine rings is 1. The minimum Gasteiger partial charge on any atom is -0.489 e. The van der Waals surface area contributed by atoms with Gasteiger partial charge in [0.25, 0.3) is 5.91 Å². The second-order valence-electron chi connectivity index (χ2n) is 12.0. The summed E-state index contributed by atoms with van der Waals surface area (Å²) >= 11 is 6.93. The first-order valence-electron chi connectivity index (χ1n) is 13.9. The van der Waals surface area contributed by atoms with Gasteiger partial charge in [0.2, 0.25) is 5.91 Å². The molecule has 2 amide bonds. The lowest BCUT2D eigenvalue weighted by Gasteiger charge is -2.44. The van der Waals surface area contributed by atoms with E-state index in [9.17, 15) is 9.59 Å². The summed E-state index contributed by atoms with van der Waals surface area (Å²) < 4.78 is 21.4. The van der Waals surface area contributed by atoms with Crippen LogP contribution in [0.15, 0.2) is 36.9 Å². The number of nitrogens with zero attached hydrogens (tertiary/aromatic N) is 5. The highest BCUT2D eigenvalue weighted by atomic mass is 35.5. The van der Waals surface area contributed by atoms with Crippen LogP contribution in [0.25, 0.3) is 11.3 Å². The average Bonchev–Trinajstić information content (AvgIpc) is 3.40. The monoisotopic (exact) mass is 567 g/mol. The number of hydrogen-bond donors (Lipinski definition) is 0. The van der Waals surface area contributed by atoms with Gasteiger partial charge in [0.15, 0.2) is 5.75 Å². The number of carbonyl (C=O) groups is 2. The maximum atomic E-state index is 15.1. The normalized spacial score (nSPS) is 26.0. The van der Waals surface area contributed by atoms with Crippen molar-refractivity contribution in [1.82, 2.24) is 19.7 Å². The van der Waals surface area contributed by atoms with Gasteiger partial charge in [-0.2, -0.15) is 0 Å². The summed E-state index contributed by atoms with van der Waals surface area (Å²) in [6.07, 6.45) is 3.29. The zero-order valence-electron chi connectivity index (χ0n) is 23.3. The lowest BCUT2D eigenvalue weighted by atomic mass is 9.71. The molecule has 2 atom stereocenters. The molecule has 6 rings (SSSR count). The molecule has 0 aliphatic carbocycles. The van der Waals surface area contributed by atoms with Crippen molar-refractivity contribution < 1.29 is 18.7 Å². The first-order chi connectivity index (χ1) is 19.1. The van der Waals surface area contributed by atoms with E-state index in [4.69, 9.17) is 21.3 Å². The molecule has 212 valence electrons. The smallest absolute Gasteiger partial charge is 0.261 e. The van der Waals surface area contributed by atoms with E-state index >= 15 is 4.39 Å². The predicted octanol–water partition coefficient (Wildman–Crippen LogP) is 4.08. The van der Waals surface area contributed by atoms with Crippen LogP contribution in [0.2, 0.25) is 5.02 Å². The largest absolute Gasteiger partial charge is 0.489 e. The Morgan fingerprint density at radius 2 is 1.95 bits per heavy atom. The number of anilines is 1. The fraction of sp³-hybridized carbons (Fsp3) is 0.500. The van der Waals surface area contributed by atoms with Crippen LogP contribution in [0.5, 0.6) is 5.75 Å². The van der Waals surface area contributed by atoms with Gasteiger partial charge in [0.1, 0.15) is 28.8 Å². The van der Waals surface area contributed by atoms with E-state index in [2.05, 4.69) is 37.3 Å². The van der Waals surface area contributed by atoms with E-state index in [-0.39, 0.29) is 57.4 Å². The van der Waals surface area contributed by atoms with Gasteiger partial charge in [-0.3, -0.25) is 9.59 Å². The van der Waals surface area contributed by atoms with Crippen molar-refractivity contribution in [3.8, 4) is 17.0 Å². The van der Waals surface area contributed by atoms with E-state index in [1.165, 1.54) is 12.1 Å². The van der Waals surface area contributed by atoms with Gasteiger partial charge in [-0.05, 0) is 58.5 Å². The average molecular weight is 568 g/mol. The van der Waals surface area contributed by atoms with E-state index < -0.39 is 5.82 Å². The van der Waals surface area contributed by atoms with Crippen LogP contribution < -0.4 is 9.64 Å². The molecule has 0 saturated carbocycles. The third-order valence-corrected chi connectivity index (χ3v) is 10.0. The van der Waals surface area contributed by atoms with Crippen molar-refractivity contribution >= 4 is 29.2 Å². The standard InChI is InChI=1S/C30H35ClFN5O3/c1-5-22(38)35-14-15-36-19(16-35)17-40-26-23(28(36)39)27(33-25(24(26)31)20-8-6-7-9-21(20)32)37-13-11-30(29(37,2)3)10-12-34(4)18-30/h5-9,19H,1,10-18H2,2-4H3/t19-,30?/m1/s1. The van der Waals surface area contributed by atoms with E-state index in [0.29, 0.717) is 37.6 Å². The van der Waals surface area contributed by atoms with Crippen molar-refractivity contribution in [2.75, 3.05) is 57.8 Å². The molecule has 0 N–H and O–H groups in total. The third-order valence-electron chi connectivity index (χ3n) is 9.66. The second-order valence-corrected chi connectivity index (χ2v) is 12.3. The Balaban J connectivity index is 1.50. The third kappa shape index (κ3) is 4.00. The van der Waals surface area contributed by atoms with Crippen molar-refractivity contribution in [3.63, 3.8) is 0 Å². The SMILES string of the molecule is C=CC(=O)N1CCN2C(=O)c3c(N4CCC5(CCN(C)C5)C4(C)C)nc(-c4ccccc4F)c(Cl)c3OC[C@H]2C1. The van der Waals surface area contributed by atoms with Crippen molar-refractivity contribution in [2.45, 2.75) is 38.3 Å². The molecule has 2 aromatic rings. The number of fused-ring (bicyclic) bond motifs is 2. The molecule has 10 heteroatoms. The molecule has 4 aliphatic rings. The zero-order chi connectivity index (χ0) is 28.4. The van der Waals surface area contributed by atoms with Crippen LogP contribution in [0, 0.1) is 11.2 Å². The minimum absolute atomic E-state index is 0.0297. The Bertz CT molecular complexity index is 1400. The topological polar surface area (TPSA) is 69.2 Å². The minimum atomic E-state index is -0.451. The van der Waals surface area contributed by atoms with E-state index in [1.54, 1.807) is 28.0 Å². The Morgan fingerprint density at radius 1 is 1.20 bits per heavy atom. The summed E-state index contributed by atoms with van der Waals surface area (Å²) in [6.45, 7) is 11.9. The van der Waals surface area contributed by atoms with Gasteiger partial charge in [-0.1, -0.05) is 30.3 Å². The fourth-order valence-corrected chi connectivity index (χ4v) is 7.45. The van der Waals surface area contributed by atoms with Gasteiger partial charge < -0.3 is 24.3 Å². The molecule has 3 saturated heterocycles. The van der Waals surface area contributed by atoms with Crippen molar-refractivity contribution in [1.29, 1.82) is 0 Å². The van der Waals surface area contributed by atoms with Crippen molar-refractivity contribution in [3.05, 3.63) is 53.3 Å².